The highest BCUT2D eigenvalue weighted by Crippen LogP contribution is 2.43. The fourth-order valence-electron chi connectivity index (χ4n) is 2.75. The number of hydrogen-bond donors (Lipinski definition) is 2. The maximum Gasteiger partial charge on any atom is 0.224 e. The number of hydrogen-bond acceptors (Lipinski definition) is 4. The normalized spacial score (nSPS) is 16.2. The summed E-state index contributed by atoms with van der Waals surface area (Å²) in [5.74, 6) is 0.0288. The Kier molecular flexibility index (Phi) is 3.70. The number of nitrogens with one attached hydrogen (secondary N) is 1. The molecule has 3 rings (SSSR count). The zero-order chi connectivity index (χ0) is 14.7. The Morgan fingerprint density at radius 3 is 2.71 bits per heavy atom. The van der Waals surface area contributed by atoms with Crippen molar-refractivity contribution >= 4 is 11.6 Å². The number of carbonyl (C=O) groups is 1. The predicted molar refractivity (Wildman–Crippen MR) is 79.9 cm³/mol. The fourth-order valence-corrected chi connectivity index (χ4v) is 2.75. The molecule has 21 heavy (non-hydrogen) atoms. The van der Waals surface area contributed by atoms with Gasteiger partial charge in [0.25, 0.3) is 0 Å². The van der Waals surface area contributed by atoms with E-state index in [1.165, 1.54) is 6.42 Å². The number of rotatable bonds is 5. The SMILES string of the molecule is NCC1(CC(=O)Nc2cccc(-n3cnnc3)c2)CCC1. The van der Waals surface area contributed by atoms with Gasteiger partial charge in [0.15, 0.2) is 0 Å². The average Bonchev–Trinajstić information content (AvgIpc) is 2.97. The Morgan fingerprint density at radius 1 is 1.33 bits per heavy atom. The predicted octanol–water partition coefficient (Wildman–Crippen LogP) is 1.72. The summed E-state index contributed by atoms with van der Waals surface area (Å²) in [4.78, 5) is 12.2. The zero-order valence-corrected chi connectivity index (χ0v) is 11.8. The van der Waals surface area contributed by atoms with E-state index in [9.17, 15) is 4.79 Å². The molecule has 1 aromatic heterocycles. The van der Waals surface area contributed by atoms with Gasteiger partial charge in [-0.05, 0) is 43.0 Å². The maximum atomic E-state index is 12.2. The van der Waals surface area contributed by atoms with Crippen LogP contribution in [0.15, 0.2) is 36.9 Å². The van der Waals surface area contributed by atoms with Gasteiger partial charge in [-0.25, -0.2) is 0 Å². The van der Waals surface area contributed by atoms with Gasteiger partial charge >= 0.3 is 0 Å². The van der Waals surface area contributed by atoms with Gasteiger partial charge in [0.05, 0.1) is 5.69 Å². The van der Waals surface area contributed by atoms with Crippen LogP contribution in [0.5, 0.6) is 0 Å². The Labute approximate surface area is 123 Å². The molecule has 3 N–H and O–H groups in total. The molecule has 2 aromatic rings. The van der Waals surface area contributed by atoms with Crippen molar-refractivity contribution in [3.63, 3.8) is 0 Å². The molecule has 1 amide bonds. The van der Waals surface area contributed by atoms with Crippen molar-refractivity contribution in [2.24, 2.45) is 11.1 Å². The molecular weight excluding hydrogens is 266 g/mol. The fraction of sp³-hybridized carbons (Fsp3) is 0.400. The van der Waals surface area contributed by atoms with Crippen LogP contribution in [0.3, 0.4) is 0 Å². The lowest BCUT2D eigenvalue weighted by Crippen LogP contribution is -2.40. The van der Waals surface area contributed by atoms with Crippen molar-refractivity contribution in [3.05, 3.63) is 36.9 Å². The van der Waals surface area contributed by atoms with Crippen LogP contribution in [-0.4, -0.2) is 27.2 Å². The van der Waals surface area contributed by atoms with Crippen molar-refractivity contribution in [1.82, 2.24) is 14.8 Å². The van der Waals surface area contributed by atoms with Gasteiger partial charge in [-0.2, -0.15) is 0 Å². The molecule has 1 saturated carbocycles. The van der Waals surface area contributed by atoms with Crippen LogP contribution >= 0.6 is 0 Å². The first-order valence-electron chi connectivity index (χ1n) is 7.16. The third-order valence-electron chi connectivity index (χ3n) is 4.23. The van der Waals surface area contributed by atoms with Crippen LogP contribution in [-0.2, 0) is 4.79 Å². The maximum absolute atomic E-state index is 12.2. The molecule has 0 unspecified atom stereocenters. The Morgan fingerprint density at radius 2 is 2.10 bits per heavy atom. The van der Waals surface area contributed by atoms with Crippen LogP contribution < -0.4 is 11.1 Å². The number of anilines is 1. The molecule has 6 heteroatoms. The minimum atomic E-state index is 0.0238. The highest BCUT2D eigenvalue weighted by atomic mass is 16.1. The second-order valence-electron chi connectivity index (χ2n) is 5.70. The first-order valence-corrected chi connectivity index (χ1v) is 7.16. The van der Waals surface area contributed by atoms with Crippen molar-refractivity contribution in [1.29, 1.82) is 0 Å². The summed E-state index contributed by atoms with van der Waals surface area (Å²) < 4.78 is 1.79. The summed E-state index contributed by atoms with van der Waals surface area (Å²) in [7, 11) is 0. The summed E-state index contributed by atoms with van der Waals surface area (Å²) in [6.45, 7) is 0.584. The summed E-state index contributed by atoms with van der Waals surface area (Å²) in [6.07, 6.45) is 7.03. The molecule has 0 radical (unpaired) electrons. The number of carbonyl (C=O) groups excluding carboxylic acids is 1. The Bertz CT molecular complexity index is 613. The quantitative estimate of drug-likeness (QED) is 0.876. The van der Waals surface area contributed by atoms with Gasteiger partial charge in [-0.15, -0.1) is 10.2 Å². The third-order valence-corrected chi connectivity index (χ3v) is 4.23. The smallest absolute Gasteiger partial charge is 0.224 e. The monoisotopic (exact) mass is 285 g/mol. The van der Waals surface area contributed by atoms with Crippen molar-refractivity contribution in [2.75, 3.05) is 11.9 Å². The van der Waals surface area contributed by atoms with Gasteiger partial charge in [0.1, 0.15) is 12.7 Å². The number of nitrogens with zero attached hydrogens (tertiary/aromatic N) is 3. The van der Waals surface area contributed by atoms with E-state index in [1.54, 1.807) is 17.2 Å². The molecule has 110 valence electrons. The first kappa shape index (κ1) is 13.8. The summed E-state index contributed by atoms with van der Waals surface area (Å²) in [5.41, 5.74) is 7.51. The highest BCUT2D eigenvalue weighted by Gasteiger charge is 2.37. The van der Waals surface area contributed by atoms with Gasteiger partial charge < -0.3 is 11.1 Å². The summed E-state index contributed by atoms with van der Waals surface area (Å²) >= 11 is 0. The average molecular weight is 285 g/mol. The molecule has 0 aliphatic heterocycles. The van der Waals surface area contributed by atoms with Crippen molar-refractivity contribution in [3.8, 4) is 5.69 Å². The van der Waals surface area contributed by atoms with E-state index in [1.807, 2.05) is 24.3 Å². The van der Waals surface area contributed by atoms with Crippen LogP contribution in [0.4, 0.5) is 5.69 Å². The molecule has 0 spiro atoms. The zero-order valence-electron chi connectivity index (χ0n) is 11.8. The largest absolute Gasteiger partial charge is 0.330 e. The van der Waals surface area contributed by atoms with E-state index in [4.69, 9.17) is 5.73 Å². The molecule has 1 heterocycles. The number of amides is 1. The van der Waals surface area contributed by atoms with E-state index >= 15 is 0 Å². The lowest BCUT2D eigenvalue weighted by molar-refractivity contribution is -0.119. The number of nitrogens with two attached hydrogens (primary N) is 1. The van der Waals surface area contributed by atoms with E-state index in [0.29, 0.717) is 13.0 Å². The molecule has 1 aromatic carbocycles. The van der Waals surface area contributed by atoms with Crippen molar-refractivity contribution in [2.45, 2.75) is 25.7 Å². The molecule has 1 aliphatic carbocycles. The first-order chi connectivity index (χ1) is 10.2. The second-order valence-corrected chi connectivity index (χ2v) is 5.70. The van der Waals surface area contributed by atoms with Crippen LogP contribution in [0.2, 0.25) is 0 Å². The molecule has 0 atom stereocenters. The Hall–Kier alpha value is -2.21. The molecule has 1 aliphatic rings. The third kappa shape index (κ3) is 2.95. The molecule has 1 fully saturated rings. The van der Waals surface area contributed by atoms with E-state index < -0.39 is 0 Å². The minimum Gasteiger partial charge on any atom is -0.330 e. The molecule has 6 nitrogen and oxygen atoms in total. The highest BCUT2D eigenvalue weighted by molar-refractivity contribution is 5.91. The van der Waals surface area contributed by atoms with E-state index in [0.717, 1.165) is 24.2 Å². The summed E-state index contributed by atoms with van der Waals surface area (Å²) in [5, 5.41) is 10.5. The van der Waals surface area contributed by atoms with Gasteiger partial charge in [0, 0.05) is 12.1 Å². The number of aromatic nitrogens is 3. The minimum absolute atomic E-state index is 0.0238. The number of benzene rings is 1. The molecular formula is C15H19N5O. The molecule has 0 bridgehead atoms. The van der Waals surface area contributed by atoms with Crippen molar-refractivity contribution < 1.29 is 4.79 Å². The van der Waals surface area contributed by atoms with Crippen LogP contribution in [0.25, 0.3) is 5.69 Å². The summed E-state index contributed by atoms with van der Waals surface area (Å²) in [6, 6.07) is 7.61. The Balaban J connectivity index is 1.67. The van der Waals surface area contributed by atoms with Gasteiger partial charge in [0.2, 0.25) is 5.91 Å². The van der Waals surface area contributed by atoms with Crippen LogP contribution in [0, 0.1) is 5.41 Å². The topological polar surface area (TPSA) is 85.8 Å². The van der Waals surface area contributed by atoms with Gasteiger partial charge in [-0.3, -0.25) is 9.36 Å². The van der Waals surface area contributed by atoms with E-state index in [-0.39, 0.29) is 11.3 Å². The second kappa shape index (κ2) is 5.65. The lowest BCUT2D eigenvalue weighted by atomic mass is 9.66. The van der Waals surface area contributed by atoms with Crippen LogP contribution in [0.1, 0.15) is 25.7 Å². The lowest BCUT2D eigenvalue weighted by Gasteiger charge is -2.40. The van der Waals surface area contributed by atoms with Gasteiger partial charge in [-0.1, -0.05) is 12.5 Å². The van der Waals surface area contributed by atoms with E-state index in [2.05, 4.69) is 15.5 Å². The molecule has 0 saturated heterocycles. The standard InChI is InChI=1S/C15H19N5O/c16-9-15(5-2-6-15)8-14(21)19-12-3-1-4-13(7-12)20-10-17-18-11-20/h1,3-4,7,10-11H,2,5-6,8-9,16H2,(H,19,21).